The average molecular weight is 354 g/mol. The Morgan fingerprint density at radius 3 is 2.43 bits per heavy atom. The molecule has 3 N–H and O–H groups in total. The minimum absolute atomic E-state index is 0.160. The molecule has 21 heavy (non-hydrogen) atoms. The van der Waals surface area contributed by atoms with Gasteiger partial charge < -0.3 is 4.90 Å². The zero-order valence-corrected chi connectivity index (χ0v) is 14.8. The molecule has 3 nitrogen and oxygen atoms in total. The van der Waals surface area contributed by atoms with Crippen LogP contribution in [0, 0.1) is 0 Å². The molecule has 1 aromatic carbocycles. The van der Waals surface area contributed by atoms with Crippen LogP contribution in [0.25, 0.3) is 0 Å². The van der Waals surface area contributed by atoms with E-state index in [1.54, 1.807) is 0 Å². The maximum Gasteiger partial charge on any atom is 0.0434 e. The summed E-state index contributed by atoms with van der Waals surface area (Å²) in [5.41, 5.74) is 4.62. The van der Waals surface area contributed by atoms with E-state index in [0.717, 1.165) is 10.9 Å². The molecule has 0 spiro atoms. The van der Waals surface area contributed by atoms with Crippen LogP contribution < -0.4 is 11.3 Å². The molecule has 0 amide bonds. The lowest BCUT2D eigenvalue weighted by Crippen LogP contribution is -2.61. The maximum atomic E-state index is 5.98. The van der Waals surface area contributed by atoms with Gasteiger partial charge in [-0.3, -0.25) is 11.3 Å². The monoisotopic (exact) mass is 353 g/mol. The number of nitrogens with zero attached hydrogens (tertiary/aromatic N) is 1. The molecule has 0 heterocycles. The van der Waals surface area contributed by atoms with Crippen molar-refractivity contribution >= 4 is 15.9 Å². The highest BCUT2D eigenvalue weighted by Gasteiger charge is 2.40. The van der Waals surface area contributed by atoms with E-state index in [1.807, 2.05) is 0 Å². The van der Waals surface area contributed by atoms with E-state index in [9.17, 15) is 0 Å². The van der Waals surface area contributed by atoms with Crippen LogP contribution in [-0.2, 0) is 6.42 Å². The Morgan fingerprint density at radius 1 is 1.24 bits per heavy atom. The molecule has 0 aliphatic heterocycles. The van der Waals surface area contributed by atoms with Crippen molar-refractivity contribution in [3.05, 3.63) is 34.3 Å². The van der Waals surface area contributed by atoms with Crippen LogP contribution in [0.1, 0.15) is 44.1 Å². The molecule has 0 saturated heterocycles. The van der Waals surface area contributed by atoms with Crippen molar-refractivity contribution in [2.45, 2.75) is 56.5 Å². The predicted molar refractivity (Wildman–Crippen MR) is 93.1 cm³/mol. The molecule has 1 aromatic rings. The van der Waals surface area contributed by atoms with E-state index in [1.165, 1.54) is 44.1 Å². The quantitative estimate of drug-likeness (QED) is 0.483. The summed E-state index contributed by atoms with van der Waals surface area (Å²) in [6.07, 6.45) is 8.72. The zero-order valence-electron chi connectivity index (χ0n) is 13.2. The maximum absolute atomic E-state index is 5.98. The lowest BCUT2D eigenvalue weighted by Gasteiger charge is -2.45. The number of rotatable bonds is 5. The molecule has 1 atom stereocenters. The second-order valence-electron chi connectivity index (χ2n) is 6.47. The Balaban J connectivity index is 2.23. The lowest BCUT2D eigenvalue weighted by molar-refractivity contribution is 0.0801. The summed E-state index contributed by atoms with van der Waals surface area (Å²) >= 11 is 3.56. The van der Waals surface area contributed by atoms with Gasteiger partial charge in [-0.25, -0.2) is 0 Å². The number of likely N-dealkylation sites (N-methyl/N-ethyl adjacent to an activating group) is 1. The SMILES string of the molecule is CN(C)C1(C(Cc2cccc(Br)c2)NN)CCCCCC1. The van der Waals surface area contributed by atoms with Gasteiger partial charge in [0.1, 0.15) is 0 Å². The van der Waals surface area contributed by atoms with Crippen molar-refractivity contribution in [1.29, 1.82) is 0 Å². The second-order valence-corrected chi connectivity index (χ2v) is 7.38. The van der Waals surface area contributed by atoms with Gasteiger partial charge in [0.15, 0.2) is 0 Å². The summed E-state index contributed by atoms with van der Waals surface area (Å²) < 4.78 is 1.13. The average Bonchev–Trinajstić information content (AvgIpc) is 2.71. The van der Waals surface area contributed by atoms with E-state index >= 15 is 0 Å². The Bertz CT molecular complexity index is 439. The molecule has 118 valence electrons. The van der Waals surface area contributed by atoms with Crippen molar-refractivity contribution in [3.8, 4) is 0 Å². The molecule has 2 rings (SSSR count). The molecule has 1 unspecified atom stereocenters. The zero-order chi connectivity index (χ0) is 15.3. The Morgan fingerprint density at radius 2 is 1.90 bits per heavy atom. The highest BCUT2D eigenvalue weighted by Crippen LogP contribution is 2.35. The van der Waals surface area contributed by atoms with Crippen LogP contribution in [0.5, 0.6) is 0 Å². The van der Waals surface area contributed by atoms with Crippen molar-refractivity contribution < 1.29 is 0 Å². The number of hydrogen-bond donors (Lipinski definition) is 2. The topological polar surface area (TPSA) is 41.3 Å². The minimum Gasteiger partial charge on any atom is -0.302 e. The molecule has 0 aromatic heterocycles. The first-order chi connectivity index (χ1) is 10.1. The standard InChI is InChI=1S/C17H28BrN3/c1-21(2)17(10-5-3-4-6-11-17)16(20-19)13-14-8-7-9-15(18)12-14/h7-9,12,16,20H,3-6,10-11,13,19H2,1-2H3. The highest BCUT2D eigenvalue weighted by atomic mass is 79.9. The van der Waals surface area contributed by atoms with Gasteiger partial charge in [0.2, 0.25) is 0 Å². The first kappa shape index (κ1) is 16.9. The summed E-state index contributed by atoms with van der Waals surface area (Å²) in [4.78, 5) is 2.40. The number of hydrazine groups is 1. The number of nitrogens with two attached hydrogens (primary N) is 1. The van der Waals surface area contributed by atoms with Crippen molar-refractivity contribution in [1.82, 2.24) is 10.3 Å². The first-order valence-electron chi connectivity index (χ1n) is 7.96. The summed E-state index contributed by atoms with van der Waals surface area (Å²) in [5.74, 6) is 5.98. The fraction of sp³-hybridized carbons (Fsp3) is 0.647. The van der Waals surface area contributed by atoms with Gasteiger partial charge in [0.25, 0.3) is 0 Å². The van der Waals surface area contributed by atoms with Gasteiger partial charge >= 0.3 is 0 Å². The molecular formula is C17H28BrN3. The van der Waals surface area contributed by atoms with Crippen LogP contribution in [-0.4, -0.2) is 30.6 Å². The van der Waals surface area contributed by atoms with E-state index in [2.05, 4.69) is 64.6 Å². The summed E-state index contributed by atoms with van der Waals surface area (Å²) in [6, 6.07) is 8.84. The molecule has 1 aliphatic rings. The summed E-state index contributed by atoms with van der Waals surface area (Å²) in [7, 11) is 4.41. The predicted octanol–water partition coefficient (Wildman–Crippen LogP) is 3.48. The molecule has 4 heteroatoms. The molecule has 0 bridgehead atoms. The van der Waals surface area contributed by atoms with Crippen molar-refractivity contribution in [3.63, 3.8) is 0 Å². The van der Waals surface area contributed by atoms with E-state index < -0.39 is 0 Å². The smallest absolute Gasteiger partial charge is 0.0434 e. The number of halogens is 1. The fourth-order valence-electron chi connectivity index (χ4n) is 3.75. The largest absolute Gasteiger partial charge is 0.302 e. The minimum atomic E-state index is 0.160. The third-order valence-electron chi connectivity index (χ3n) is 5.04. The first-order valence-corrected chi connectivity index (χ1v) is 8.76. The van der Waals surface area contributed by atoms with Gasteiger partial charge in [-0.05, 0) is 51.1 Å². The summed E-state index contributed by atoms with van der Waals surface area (Å²) in [5, 5.41) is 0. The third kappa shape index (κ3) is 4.07. The molecule has 1 aliphatic carbocycles. The van der Waals surface area contributed by atoms with Crippen LogP contribution in [0.15, 0.2) is 28.7 Å². The van der Waals surface area contributed by atoms with Crippen LogP contribution in [0.2, 0.25) is 0 Å². The van der Waals surface area contributed by atoms with Crippen LogP contribution in [0.4, 0.5) is 0 Å². The number of nitrogens with one attached hydrogen (secondary N) is 1. The highest BCUT2D eigenvalue weighted by molar-refractivity contribution is 9.10. The Kier molecular flexibility index (Phi) is 6.23. The molecule has 1 saturated carbocycles. The van der Waals surface area contributed by atoms with Gasteiger partial charge in [-0.15, -0.1) is 0 Å². The van der Waals surface area contributed by atoms with E-state index in [-0.39, 0.29) is 11.6 Å². The van der Waals surface area contributed by atoms with Crippen molar-refractivity contribution in [2.24, 2.45) is 5.84 Å². The van der Waals surface area contributed by atoms with Gasteiger partial charge in [-0.2, -0.15) is 0 Å². The molecule has 1 fully saturated rings. The summed E-state index contributed by atoms with van der Waals surface area (Å²) in [6.45, 7) is 0. The molecular weight excluding hydrogens is 326 g/mol. The Labute approximate surface area is 137 Å². The van der Waals surface area contributed by atoms with Gasteiger partial charge in [0, 0.05) is 16.1 Å². The van der Waals surface area contributed by atoms with Gasteiger partial charge in [-0.1, -0.05) is 53.7 Å². The third-order valence-corrected chi connectivity index (χ3v) is 5.53. The van der Waals surface area contributed by atoms with Crippen LogP contribution >= 0.6 is 15.9 Å². The molecule has 0 radical (unpaired) electrons. The second kappa shape index (κ2) is 7.73. The van der Waals surface area contributed by atoms with Gasteiger partial charge in [0.05, 0.1) is 0 Å². The Hall–Kier alpha value is -0.420. The van der Waals surface area contributed by atoms with Crippen molar-refractivity contribution in [2.75, 3.05) is 14.1 Å². The normalized spacial score (nSPS) is 20.2. The lowest BCUT2D eigenvalue weighted by atomic mass is 9.79. The van der Waals surface area contributed by atoms with E-state index in [0.29, 0.717) is 0 Å². The van der Waals surface area contributed by atoms with E-state index in [4.69, 9.17) is 5.84 Å². The number of hydrogen-bond acceptors (Lipinski definition) is 3. The number of benzene rings is 1. The fourth-order valence-corrected chi connectivity index (χ4v) is 4.20. The van der Waals surface area contributed by atoms with Crippen LogP contribution in [0.3, 0.4) is 0 Å².